The molecule has 0 radical (unpaired) electrons. The number of rotatable bonds is 2. The first kappa shape index (κ1) is 12.2. The van der Waals surface area contributed by atoms with Crippen LogP contribution in [0.1, 0.15) is 15.9 Å². The monoisotopic (exact) mass is 204 g/mol. The first-order valence-electron chi connectivity index (χ1n) is 4.44. The molecule has 1 nitrogen and oxygen atoms in total. The molecule has 0 amide bonds. The zero-order valence-electron chi connectivity index (χ0n) is 8.60. The number of benzene rings is 2. The molecule has 0 spiro atoms. The Labute approximate surface area is 111 Å². The van der Waals surface area contributed by atoms with Gasteiger partial charge in [0.05, 0.1) is 0 Å². The van der Waals surface area contributed by atoms with Gasteiger partial charge in [0, 0.05) is 0 Å². The molecule has 0 saturated carbocycles. The number of ketones is 1. The summed E-state index contributed by atoms with van der Waals surface area (Å²) in [6, 6.07) is 19.4. The molecule has 0 aliphatic heterocycles. The fourth-order valence-corrected chi connectivity index (χ4v) is 1.28. The van der Waals surface area contributed by atoms with Gasteiger partial charge in [0.25, 0.3) is 0 Å². The van der Waals surface area contributed by atoms with Crippen LogP contribution < -0.4 is 29.6 Å². The molecule has 0 aliphatic carbocycles. The Balaban J connectivity index is 0.00000112. The minimum Gasteiger partial charge on any atom is -0.346 e. The molecular weight excluding hydrogens is 195 g/mol. The number of hydrogen-bond acceptors (Lipinski definition) is 1. The maximum Gasteiger partial charge on any atom is 1.00 e. The maximum atomic E-state index is 11.8. The fourth-order valence-electron chi connectivity index (χ4n) is 1.28. The molecule has 0 unspecified atom stereocenters. The van der Waals surface area contributed by atoms with Crippen molar-refractivity contribution in [2.45, 2.75) is 0 Å². The minimum absolute atomic E-state index is 0. The first-order chi connectivity index (χ1) is 6.88. The van der Waals surface area contributed by atoms with E-state index in [1.165, 1.54) is 0 Å². The van der Waals surface area contributed by atoms with Gasteiger partial charge < -0.3 is 4.79 Å². The molecule has 2 rings (SSSR count). The fraction of sp³-hybridized carbons (Fsp3) is 0. The summed E-state index contributed by atoms with van der Waals surface area (Å²) in [5.74, 6) is 0.0196. The predicted octanol–water partition coefficient (Wildman–Crippen LogP) is -0.278. The molecule has 0 saturated heterocycles. The van der Waals surface area contributed by atoms with E-state index in [1.807, 2.05) is 42.5 Å². The molecule has 0 fully saturated rings. The summed E-state index contributed by atoms with van der Waals surface area (Å²) in [6.07, 6.45) is 0. The van der Waals surface area contributed by atoms with Gasteiger partial charge in [0.2, 0.25) is 0 Å². The Kier molecular flexibility index (Phi) is 4.76. The second-order valence-electron chi connectivity index (χ2n) is 2.97. The Bertz CT molecular complexity index is 381. The van der Waals surface area contributed by atoms with Crippen molar-refractivity contribution in [3.63, 3.8) is 0 Å². The van der Waals surface area contributed by atoms with Gasteiger partial charge in [-0.3, -0.25) is 0 Å². The summed E-state index contributed by atoms with van der Waals surface area (Å²) in [4.78, 5) is 11.8. The van der Waals surface area contributed by atoms with Crippen molar-refractivity contribution in [2.75, 3.05) is 0 Å². The van der Waals surface area contributed by atoms with Crippen LogP contribution in [0.4, 0.5) is 0 Å². The third-order valence-corrected chi connectivity index (χ3v) is 1.99. The smallest absolute Gasteiger partial charge is 0.346 e. The number of carbonyl (C=O) groups is 1. The van der Waals surface area contributed by atoms with Crippen molar-refractivity contribution >= 4 is 5.78 Å². The van der Waals surface area contributed by atoms with E-state index in [0.29, 0.717) is 11.1 Å². The van der Waals surface area contributed by atoms with E-state index < -0.39 is 0 Å². The minimum atomic E-state index is 0. The molecule has 0 atom stereocenters. The topological polar surface area (TPSA) is 17.1 Å². The summed E-state index contributed by atoms with van der Waals surface area (Å²) in [7, 11) is 0. The summed E-state index contributed by atoms with van der Waals surface area (Å²) in [5, 5.41) is 0. The van der Waals surface area contributed by atoms with Crippen molar-refractivity contribution < 1.29 is 34.4 Å². The van der Waals surface area contributed by atoms with Crippen LogP contribution in [-0.4, -0.2) is 5.78 Å². The van der Waals surface area contributed by atoms with Crippen molar-refractivity contribution in [1.82, 2.24) is 0 Å². The van der Waals surface area contributed by atoms with Crippen molar-refractivity contribution in [3.8, 4) is 0 Å². The van der Waals surface area contributed by atoms with Crippen molar-refractivity contribution in [2.24, 2.45) is 0 Å². The quantitative estimate of drug-likeness (QED) is 0.373. The average molecular weight is 204 g/mol. The maximum absolute atomic E-state index is 11.8. The molecule has 0 N–H and O–H groups in total. The van der Waals surface area contributed by atoms with E-state index >= 15 is 0 Å². The largest absolute Gasteiger partial charge is 1.00 e. The average Bonchev–Trinajstić information content (AvgIpc) is 2.30. The summed E-state index contributed by atoms with van der Waals surface area (Å²) >= 11 is 0. The molecule has 68 valence electrons. The molecule has 2 aromatic rings. The first-order valence-corrected chi connectivity index (χ1v) is 4.44. The van der Waals surface area contributed by atoms with Crippen LogP contribution >= 0.6 is 0 Å². The molecule has 2 heteroatoms. The summed E-state index contributed by atoms with van der Waals surface area (Å²) < 4.78 is 0. The number of carbonyl (C=O) groups excluding carboxylic acids is 1. The van der Waals surface area contributed by atoms with E-state index in [0.717, 1.165) is 0 Å². The Morgan fingerprint density at radius 2 is 1.60 bits per heavy atom. The van der Waals surface area contributed by atoms with Crippen LogP contribution in [0.2, 0.25) is 0 Å². The van der Waals surface area contributed by atoms with Gasteiger partial charge in [-0.25, -0.2) is 0 Å². The molecule has 0 bridgehead atoms. The third-order valence-electron chi connectivity index (χ3n) is 1.99. The van der Waals surface area contributed by atoms with Crippen LogP contribution in [0.3, 0.4) is 0 Å². The second-order valence-corrected chi connectivity index (χ2v) is 2.97. The molecule has 0 aromatic heterocycles. The van der Waals surface area contributed by atoms with Gasteiger partial charge in [0.1, 0.15) is 5.78 Å². The van der Waals surface area contributed by atoms with E-state index in [4.69, 9.17) is 0 Å². The van der Waals surface area contributed by atoms with Gasteiger partial charge >= 0.3 is 29.6 Å². The van der Waals surface area contributed by atoms with Crippen molar-refractivity contribution in [3.05, 3.63) is 71.8 Å². The molecule has 0 aliphatic rings. The molecule has 2 aromatic carbocycles. The van der Waals surface area contributed by atoms with Gasteiger partial charge in [-0.15, -0.1) is 35.9 Å². The Morgan fingerprint density at radius 3 is 2.20 bits per heavy atom. The Morgan fingerprint density at radius 1 is 0.933 bits per heavy atom. The van der Waals surface area contributed by atoms with E-state index in [-0.39, 0.29) is 35.3 Å². The zero-order chi connectivity index (χ0) is 9.80. The molecule has 0 heterocycles. The number of hydrogen-bond donors (Lipinski definition) is 0. The second kappa shape index (κ2) is 5.86. The van der Waals surface area contributed by atoms with E-state index in [9.17, 15) is 4.79 Å². The van der Waals surface area contributed by atoms with Gasteiger partial charge in [-0.05, 0) is 5.56 Å². The van der Waals surface area contributed by atoms with Crippen LogP contribution in [0.25, 0.3) is 0 Å². The van der Waals surface area contributed by atoms with E-state index in [2.05, 4.69) is 6.07 Å². The van der Waals surface area contributed by atoms with Gasteiger partial charge in [0.15, 0.2) is 0 Å². The summed E-state index contributed by atoms with van der Waals surface area (Å²) in [6.45, 7) is 0. The standard InChI is InChI=1S/C13H9O.Na/c14-13(11-7-3-1-4-8-11)12-9-5-2-6-10-12;/h1-9H;/q-1;+1. The molecule has 15 heavy (non-hydrogen) atoms. The SMILES string of the molecule is O=C(c1[c-]cccc1)c1ccccc1.[Na+]. The van der Waals surface area contributed by atoms with Crippen LogP contribution in [0.15, 0.2) is 54.6 Å². The van der Waals surface area contributed by atoms with Crippen LogP contribution in [0, 0.1) is 6.07 Å². The predicted molar refractivity (Wildman–Crippen MR) is 55.2 cm³/mol. The van der Waals surface area contributed by atoms with E-state index in [1.54, 1.807) is 12.1 Å². The molecular formula is C13H9NaO. The Hall–Kier alpha value is -0.890. The van der Waals surface area contributed by atoms with Gasteiger partial charge in [-0.1, -0.05) is 30.3 Å². The van der Waals surface area contributed by atoms with Gasteiger partial charge in [-0.2, -0.15) is 0 Å². The third kappa shape index (κ3) is 3.03. The van der Waals surface area contributed by atoms with Crippen molar-refractivity contribution in [1.29, 1.82) is 0 Å². The normalized spacial score (nSPS) is 9.07. The van der Waals surface area contributed by atoms with Crippen LogP contribution in [0.5, 0.6) is 0 Å². The zero-order valence-corrected chi connectivity index (χ0v) is 10.6. The van der Waals surface area contributed by atoms with Crippen LogP contribution in [-0.2, 0) is 0 Å². The summed E-state index contributed by atoms with van der Waals surface area (Å²) in [5.41, 5.74) is 1.31.